The quantitative estimate of drug-likeness (QED) is 0.600. The molecular formula is C9H13F2N. The van der Waals surface area contributed by atoms with Gasteiger partial charge in [0.2, 0.25) is 0 Å². The first-order valence-electron chi connectivity index (χ1n) is 3.83. The van der Waals surface area contributed by atoms with Crippen LogP contribution in [-0.2, 0) is 0 Å². The zero-order valence-electron chi connectivity index (χ0n) is 7.49. The molecule has 0 bridgehead atoms. The highest BCUT2D eigenvalue weighted by Crippen LogP contribution is 2.17. The van der Waals surface area contributed by atoms with Crippen molar-refractivity contribution in [1.29, 1.82) is 0 Å². The molecule has 0 heterocycles. The molecule has 1 rings (SSSR count). The van der Waals surface area contributed by atoms with Crippen LogP contribution in [0.3, 0.4) is 0 Å². The van der Waals surface area contributed by atoms with Gasteiger partial charge in [-0.15, -0.1) is 0 Å². The molecule has 0 aromatic heterocycles. The van der Waals surface area contributed by atoms with E-state index in [1.54, 1.807) is 0 Å². The highest BCUT2D eigenvalue weighted by Gasteiger charge is 2.04. The Balaban J connectivity index is 0.000000561. The van der Waals surface area contributed by atoms with Crippen LogP contribution in [0.15, 0.2) is 12.1 Å². The van der Waals surface area contributed by atoms with E-state index in [4.69, 9.17) is 5.73 Å². The SMILES string of the molecule is CC.Cc1c(F)ccc(F)c1N. The molecule has 0 fully saturated rings. The minimum Gasteiger partial charge on any atom is -0.396 e. The molecule has 68 valence electrons. The molecule has 0 saturated carbocycles. The summed E-state index contributed by atoms with van der Waals surface area (Å²) in [6, 6.07) is 2.07. The maximum absolute atomic E-state index is 12.5. The largest absolute Gasteiger partial charge is 0.396 e. The van der Waals surface area contributed by atoms with E-state index < -0.39 is 11.6 Å². The number of halogens is 2. The summed E-state index contributed by atoms with van der Waals surface area (Å²) in [6.45, 7) is 5.44. The molecule has 1 nitrogen and oxygen atoms in total. The summed E-state index contributed by atoms with van der Waals surface area (Å²) in [4.78, 5) is 0. The van der Waals surface area contributed by atoms with E-state index in [2.05, 4.69) is 0 Å². The van der Waals surface area contributed by atoms with Crippen LogP contribution in [0.25, 0.3) is 0 Å². The van der Waals surface area contributed by atoms with Crippen molar-refractivity contribution in [2.24, 2.45) is 0 Å². The van der Waals surface area contributed by atoms with Crippen LogP contribution in [0.1, 0.15) is 19.4 Å². The Kier molecular flexibility index (Phi) is 4.26. The first-order chi connectivity index (χ1) is 5.63. The first kappa shape index (κ1) is 10.9. The summed E-state index contributed by atoms with van der Waals surface area (Å²) in [6.07, 6.45) is 0. The number of anilines is 1. The van der Waals surface area contributed by atoms with E-state index in [1.807, 2.05) is 13.8 Å². The zero-order chi connectivity index (χ0) is 9.72. The molecule has 3 heteroatoms. The van der Waals surface area contributed by atoms with Crippen molar-refractivity contribution < 1.29 is 8.78 Å². The van der Waals surface area contributed by atoms with Gasteiger partial charge in [-0.05, 0) is 19.1 Å². The van der Waals surface area contributed by atoms with Crippen molar-refractivity contribution in [2.45, 2.75) is 20.8 Å². The summed E-state index contributed by atoms with van der Waals surface area (Å²) < 4.78 is 25.0. The van der Waals surface area contributed by atoms with Crippen LogP contribution in [0, 0.1) is 18.6 Å². The van der Waals surface area contributed by atoms with Gasteiger partial charge >= 0.3 is 0 Å². The van der Waals surface area contributed by atoms with Gasteiger partial charge in [0.05, 0.1) is 5.69 Å². The maximum atomic E-state index is 12.5. The molecule has 0 aliphatic heterocycles. The van der Waals surface area contributed by atoms with E-state index in [0.29, 0.717) is 0 Å². The number of hydrogen-bond acceptors (Lipinski definition) is 1. The van der Waals surface area contributed by atoms with Crippen LogP contribution in [0.5, 0.6) is 0 Å². The van der Waals surface area contributed by atoms with Crippen LogP contribution in [0.2, 0.25) is 0 Å². The van der Waals surface area contributed by atoms with Crippen LogP contribution in [-0.4, -0.2) is 0 Å². The number of rotatable bonds is 0. The topological polar surface area (TPSA) is 26.0 Å². The molecule has 0 spiro atoms. The van der Waals surface area contributed by atoms with Crippen molar-refractivity contribution in [3.63, 3.8) is 0 Å². The van der Waals surface area contributed by atoms with Crippen LogP contribution in [0.4, 0.5) is 14.5 Å². The lowest BCUT2D eigenvalue weighted by molar-refractivity contribution is 0.596. The zero-order valence-corrected chi connectivity index (χ0v) is 7.49. The molecule has 12 heavy (non-hydrogen) atoms. The predicted molar refractivity (Wildman–Crippen MR) is 46.9 cm³/mol. The molecule has 0 radical (unpaired) electrons. The van der Waals surface area contributed by atoms with Crippen molar-refractivity contribution >= 4 is 5.69 Å². The van der Waals surface area contributed by atoms with E-state index >= 15 is 0 Å². The Morgan fingerprint density at radius 1 is 1.08 bits per heavy atom. The third kappa shape index (κ3) is 2.19. The molecule has 2 N–H and O–H groups in total. The van der Waals surface area contributed by atoms with Gasteiger partial charge in [-0.25, -0.2) is 8.78 Å². The van der Waals surface area contributed by atoms with Crippen molar-refractivity contribution in [3.05, 3.63) is 29.3 Å². The molecule has 0 aliphatic rings. The average Bonchev–Trinajstić information content (AvgIpc) is 2.12. The third-order valence-electron chi connectivity index (χ3n) is 1.40. The second-order valence-corrected chi connectivity index (χ2v) is 2.07. The number of nitrogens with two attached hydrogens (primary N) is 1. The van der Waals surface area contributed by atoms with Gasteiger partial charge in [-0.1, -0.05) is 13.8 Å². The fraction of sp³-hybridized carbons (Fsp3) is 0.333. The van der Waals surface area contributed by atoms with Gasteiger partial charge in [-0.3, -0.25) is 0 Å². The highest BCUT2D eigenvalue weighted by atomic mass is 19.1. The molecule has 0 amide bonds. The summed E-state index contributed by atoms with van der Waals surface area (Å²) in [5.41, 5.74) is 5.22. The Morgan fingerprint density at radius 2 is 1.50 bits per heavy atom. The molecule has 0 atom stereocenters. The highest BCUT2D eigenvalue weighted by molar-refractivity contribution is 5.47. The average molecular weight is 173 g/mol. The summed E-state index contributed by atoms with van der Waals surface area (Å²) in [5, 5.41) is 0. The molecule has 1 aromatic rings. The van der Waals surface area contributed by atoms with Gasteiger partial charge in [-0.2, -0.15) is 0 Å². The summed E-state index contributed by atoms with van der Waals surface area (Å²) in [7, 11) is 0. The minimum absolute atomic E-state index is 0.111. The lowest BCUT2D eigenvalue weighted by Gasteiger charge is -2.00. The van der Waals surface area contributed by atoms with Gasteiger partial charge in [0, 0.05) is 5.56 Å². The van der Waals surface area contributed by atoms with E-state index in [-0.39, 0.29) is 11.3 Å². The number of benzene rings is 1. The van der Waals surface area contributed by atoms with E-state index in [1.165, 1.54) is 6.92 Å². The standard InChI is InChI=1S/C7H7F2N.C2H6/c1-4-5(8)2-3-6(9)7(4)10;1-2/h2-3H,10H2,1H3;1-2H3. The van der Waals surface area contributed by atoms with Crippen molar-refractivity contribution in [1.82, 2.24) is 0 Å². The Morgan fingerprint density at radius 3 is 1.92 bits per heavy atom. The first-order valence-corrected chi connectivity index (χ1v) is 3.83. The lowest BCUT2D eigenvalue weighted by Crippen LogP contribution is -1.96. The Labute approximate surface area is 71.2 Å². The van der Waals surface area contributed by atoms with E-state index in [9.17, 15) is 8.78 Å². The lowest BCUT2D eigenvalue weighted by atomic mass is 10.2. The van der Waals surface area contributed by atoms with E-state index in [0.717, 1.165) is 12.1 Å². The minimum atomic E-state index is -0.570. The van der Waals surface area contributed by atoms with Gasteiger partial charge < -0.3 is 5.73 Å². The molecule has 0 saturated heterocycles. The smallest absolute Gasteiger partial charge is 0.146 e. The third-order valence-corrected chi connectivity index (χ3v) is 1.40. The maximum Gasteiger partial charge on any atom is 0.146 e. The number of hydrogen-bond donors (Lipinski definition) is 1. The van der Waals surface area contributed by atoms with Gasteiger partial charge in [0.25, 0.3) is 0 Å². The van der Waals surface area contributed by atoms with Crippen molar-refractivity contribution in [2.75, 3.05) is 5.73 Å². The summed E-state index contributed by atoms with van der Waals surface area (Å²) >= 11 is 0. The van der Waals surface area contributed by atoms with Gasteiger partial charge in [0.15, 0.2) is 0 Å². The molecule has 1 aromatic carbocycles. The Hall–Kier alpha value is -1.12. The van der Waals surface area contributed by atoms with Crippen molar-refractivity contribution in [3.8, 4) is 0 Å². The van der Waals surface area contributed by atoms with Crippen LogP contribution < -0.4 is 5.73 Å². The monoisotopic (exact) mass is 173 g/mol. The second-order valence-electron chi connectivity index (χ2n) is 2.07. The normalized spacial score (nSPS) is 8.75. The fourth-order valence-corrected chi connectivity index (χ4v) is 0.669. The number of nitrogen functional groups attached to an aromatic ring is 1. The van der Waals surface area contributed by atoms with Crippen LogP contribution >= 0.6 is 0 Å². The molecule has 0 unspecified atom stereocenters. The van der Waals surface area contributed by atoms with Gasteiger partial charge in [0.1, 0.15) is 11.6 Å². The fourth-order valence-electron chi connectivity index (χ4n) is 0.669. The predicted octanol–water partition coefficient (Wildman–Crippen LogP) is 2.88. The Bertz CT molecular complexity index is 232. The second kappa shape index (κ2) is 4.70. The molecular weight excluding hydrogens is 160 g/mol. The molecule has 0 aliphatic carbocycles. The summed E-state index contributed by atoms with van der Waals surface area (Å²) in [5.74, 6) is -1.04.